The van der Waals surface area contributed by atoms with Gasteiger partial charge in [0, 0.05) is 34.4 Å². The summed E-state index contributed by atoms with van der Waals surface area (Å²) in [4.78, 5) is 8.72. The van der Waals surface area contributed by atoms with E-state index in [4.69, 9.17) is 4.99 Å². The molecule has 0 spiro atoms. The summed E-state index contributed by atoms with van der Waals surface area (Å²) in [5.74, 6) is 1.58. The van der Waals surface area contributed by atoms with Crippen molar-refractivity contribution in [3.63, 3.8) is 0 Å². The summed E-state index contributed by atoms with van der Waals surface area (Å²) in [6, 6.07) is 8.50. The first-order valence-electron chi connectivity index (χ1n) is 10.1. The molecule has 3 rings (SSSR count). The van der Waals surface area contributed by atoms with Crippen molar-refractivity contribution in [1.82, 2.24) is 25.4 Å². The highest BCUT2D eigenvalue weighted by Crippen LogP contribution is 2.23. The maximum absolute atomic E-state index is 12.2. The quantitative estimate of drug-likeness (QED) is 0.549. The van der Waals surface area contributed by atoms with Crippen LogP contribution in [0.4, 0.5) is 0 Å². The van der Waals surface area contributed by atoms with Gasteiger partial charge < -0.3 is 10.6 Å². The number of benzene rings is 1. The van der Waals surface area contributed by atoms with Crippen molar-refractivity contribution >= 4 is 16.8 Å². The Morgan fingerprint density at radius 1 is 1.29 bits per heavy atom. The van der Waals surface area contributed by atoms with Gasteiger partial charge in [0.2, 0.25) is 0 Å². The fourth-order valence-corrected chi connectivity index (χ4v) is 4.88. The molecule has 28 heavy (non-hydrogen) atoms. The molecule has 0 aliphatic heterocycles. The average molecular weight is 403 g/mol. The number of nitrogens with zero attached hydrogens (tertiary/aromatic N) is 4. The average Bonchev–Trinajstić information content (AvgIpc) is 3.27. The predicted molar refractivity (Wildman–Crippen MR) is 114 cm³/mol. The largest absolute Gasteiger partial charge is 0.357 e. The molecule has 0 radical (unpaired) electrons. The van der Waals surface area contributed by atoms with E-state index in [0.717, 1.165) is 55.2 Å². The van der Waals surface area contributed by atoms with Gasteiger partial charge in [-0.1, -0.05) is 25.5 Å². The molecule has 0 amide bonds. The minimum Gasteiger partial charge on any atom is -0.357 e. The molecule has 7 nitrogen and oxygen atoms in total. The Hall–Kier alpha value is -2.22. The van der Waals surface area contributed by atoms with Crippen molar-refractivity contribution in [3.8, 4) is 5.69 Å². The number of guanidine groups is 1. The van der Waals surface area contributed by atoms with Gasteiger partial charge in [-0.25, -0.2) is 14.7 Å². The number of nitrogens with one attached hydrogen (secondary N) is 2. The molecular weight excluding hydrogens is 372 g/mol. The van der Waals surface area contributed by atoms with Crippen LogP contribution in [0.5, 0.6) is 0 Å². The highest BCUT2D eigenvalue weighted by Gasteiger charge is 2.26. The molecule has 1 aromatic heterocycles. The summed E-state index contributed by atoms with van der Waals surface area (Å²) in [7, 11) is -0.713. The Balaban J connectivity index is 1.60. The normalized spacial score (nSPS) is 21.3. The summed E-state index contributed by atoms with van der Waals surface area (Å²) < 4.78 is 13.9. The van der Waals surface area contributed by atoms with E-state index in [1.54, 1.807) is 11.0 Å². The van der Waals surface area contributed by atoms with Gasteiger partial charge in [-0.05, 0) is 43.9 Å². The zero-order chi connectivity index (χ0) is 19.8. The third-order valence-corrected chi connectivity index (χ3v) is 6.75. The predicted octanol–water partition coefficient (Wildman–Crippen LogP) is 2.40. The van der Waals surface area contributed by atoms with Crippen molar-refractivity contribution in [3.05, 3.63) is 42.5 Å². The van der Waals surface area contributed by atoms with Gasteiger partial charge in [0.25, 0.3) is 0 Å². The van der Waals surface area contributed by atoms with E-state index in [1.807, 2.05) is 19.1 Å². The lowest BCUT2D eigenvalue weighted by atomic mass is 9.95. The molecule has 1 heterocycles. The Morgan fingerprint density at radius 2 is 2.11 bits per heavy atom. The smallest absolute Gasteiger partial charge is 0.191 e. The lowest BCUT2D eigenvalue weighted by Gasteiger charge is -2.30. The van der Waals surface area contributed by atoms with Gasteiger partial charge in [0.1, 0.15) is 12.7 Å². The van der Waals surface area contributed by atoms with E-state index in [0.29, 0.717) is 17.8 Å². The number of aliphatic imine (C=N–C) groups is 1. The monoisotopic (exact) mass is 402 g/mol. The summed E-state index contributed by atoms with van der Waals surface area (Å²) in [5, 5.41) is 11.3. The van der Waals surface area contributed by atoms with Crippen LogP contribution in [0.2, 0.25) is 0 Å². The fourth-order valence-electron chi connectivity index (χ4n) is 3.53. The molecule has 0 bridgehead atoms. The first kappa shape index (κ1) is 20.5. The molecule has 152 valence electrons. The van der Waals surface area contributed by atoms with Crippen LogP contribution < -0.4 is 10.6 Å². The SMILES string of the molecule is CCNC(=NCc1ccc(-n2cncn2)cc1)NC1CCCC(S(=O)CC)C1. The Labute approximate surface area is 169 Å². The van der Waals surface area contributed by atoms with Crippen LogP contribution in [0.3, 0.4) is 0 Å². The lowest BCUT2D eigenvalue weighted by Crippen LogP contribution is -2.46. The lowest BCUT2D eigenvalue weighted by molar-refractivity contribution is 0.413. The van der Waals surface area contributed by atoms with Gasteiger partial charge in [-0.3, -0.25) is 4.21 Å². The first-order chi connectivity index (χ1) is 13.7. The van der Waals surface area contributed by atoms with E-state index in [-0.39, 0.29) is 0 Å². The second-order valence-electron chi connectivity index (χ2n) is 7.00. The zero-order valence-electron chi connectivity index (χ0n) is 16.7. The Bertz CT molecular complexity index is 775. The van der Waals surface area contributed by atoms with E-state index in [9.17, 15) is 4.21 Å². The van der Waals surface area contributed by atoms with Crippen LogP contribution in [0, 0.1) is 0 Å². The first-order valence-corrected chi connectivity index (χ1v) is 11.4. The van der Waals surface area contributed by atoms with Crippen molar-refractivity contribution in [2.24, 2.45) is 4.99 Å². The number of hydrogen-bond acceptors (Lipinski definition) is 4. The topological polar surface area (TPSA) is 84.2 Å². The second kappa shape index (κ2) is 10.4. The van der Waals surface area contributed by atoms with Crippen LogP contribution in [0.1, 0.15) is 45.1 Å². The van der Waals surface area contributed by atoms with Crippen molar-refractivity contribution in [1.29, 1.82) is 0 Å². The van der Waals surface area contributed by atoms with E-state index in [1.165, 1.54) is 6.33 Å². The zero-order valence-corrected chi connectivity index (χ0v) is 17.5. The van der Waals surface area contributed by atoms with Gasteiger partial charge >= 0.3 is 0 Å². The minimum absolute atomic E-state index is 0.309. The van der Waals surface area contributed by atoms with Crippen LogP contribution in [0.25, 0.3) is 5.69 Å². The van der Waals surface area contributed by atoms with Gasteiger partial charge in [0.05, 0.1) is 12.2 Å². The van der Waals surface area contributed by atoms with E-state index >= 15 is 0 Å². The molecule has 3 atom stereocenters. The maximum atomic E-state index is 12.2. The molecule has 1 fully saturated rings. The molecule has 1 aliphatic carbocycles. The summed E-state index contributed by atoms with van der Waals surface area (Å²) >= 11 is 0. The third-order valence-electron chi connectivity index (χ3n) is 5.01. The number of hydrogen-bond donors (Lipinski definition) is 2. The molecule has 1 saturated carbocycles. The molecule has 2 aromatic rings. The Morgan fingerprint density at radius 3 is 2.79 bits per heavy atom. The maximum Gasteiger partial charge on any atom is 0.191 e. The van der Waals surface area contributed by atoms with Crippen molar-refractivity contribution in [2.75, 3.05) is 12.3 Å². The molecule has 1 aliphatic rings. The minimum atomic E-state index is -0.713. The van der Waals surface area contributed by atoms with Crippen LogP contribution in [-0.4, -0.2) is 48.5 Å². The number of rotatable bonds is 7. The summed E-state index contributed by atoms with van der Waals surface area (Å²) in [6.45, 7) is 5.49. The second-order valence-corrected chi connectivity index (χ2v) is 9.01. The molecule has 3 unspecified atom stereocenters. The van der Waals surface area contributed by atoms with Gasteiger partial charge in [-0.2, -0.15) is 5.10 Å². The molecule has 2 N–H and O–H groups in total. The summed E-state index contributed by atoms with van der Waals surface area (Å²) in [6.07, 6.45) is 7.47. The van der Waals surface area contributed by atoms with E-state index in [2.05, 4.69) is 39.8 Å². The Kier molecular flexibility index (Phi) is 7.59. The highest BCUT2D eigenvalue weighted by molar-refractivity contribution is 7.85. The molecule has 8 heteroatoms. The molecule has 1 aromatic carbocycles. The fraction of sp³-hybridized carbons (Fsp3) is 0.550. The molecular formula is C20H30N6OS. The molecule has 0 saturated heterocycles. The van der Waals surface area contributed by atoms with E-state index < -0.39 is 10.8 Å². The van der Waals surface area contributed by atoms with Crippen molar-refractivity contribution < 1.29 is 4.21 Å². The van der Waals surface area contributed by atoms with Crippen molar-refractivity contribution in [2.45, 2.75) is 57.4 Å². The van der Waals surface area contributed by atoms with Gasteiger partial charge in [-0.15, -0.1) is 0 Å². The van der Waals surface area contributed by atoms with Gasteiger partial charge in [0.15, 0.2) is 5.96 Å². The number of aromatic nitrogens is 3. The van der Waals surface area contributed by atoms with Crippen LogP contribution in [-0.2, 0) is 17.3 Å². The third kappa shape index (κ3) is 5.64. The highest BCUT2D eigenvalue weighted by atomic mass is 32.2. The van der Waals surface area contributed by atoms with Crippen LogP contribution in [0.15, 0.2) is 41.9 Å². The standard InChI is InChI=1S/C20H30N6OS/c1-3-22-20(25-17-6-5-7-19(12-17)28(27)4-2)23-13-16-8-10-18(11-9-16)26-15-21-14-24-26/h8-11,14-15,17,19H,3-7,12-13H2,1-2H3,(H2,22,23,25). The van der Waals surface area contributed by atoms with Crippen LogP contribution >= 0.6 is 0 Å². The summed E-state index contributed by atoms with van der Waals surface area (Å²) in [5.41, 5.74) is 2.11.